The summed E-state index contributed by atoms with van der Waals surface area (Å²) in [6, 6.07) is 5.32. The van der Waals surface area contributed by atoms with Gasteiger partial charge in [-0.05, 0) is 37.5 Å². The molecule has 4 nitrogen and oxygen atoms in total. The third-order valence-electron chi connectivity index (χ3n) is 2.66. The first-order chi connectivity index (χ1) is 8.69. The molecule has 0 aliphatic heterocycles. The van der Waals surface area contributed by atoms with Crippen molar-refractivity contribution in [2.24, 2.45) is 10.7 Å². The van der Waals surface area contributed by atoms with Gasteiger partial charge in [-0.1, -0.05) is 6.07 Å². The molecule has 0 heterocycles. The Morgan fingerprint density at radius 2 is 2.33 bits per heavy atom. The van der Waals surface area contributed by atoms with Crippen LogP contribution in [0.1, 0.15) is 25.3 Å². The van der Waals surface area contributed by atoms with E-state index in [4.69, 9.17) is 10.5 Å². The van der Waals surface area contributed by atoms with E-state index in [1.165, 1.54) is 6.07 Å². The van der Waals surface area contributed by atoms with Crippen LogP contribution in [-0.4, -0.2) is 18.6 Å². The summed E-state index contributed by atoms with van der Waals surface area (Å²) in [4.78, 5) is 4.17. The van der Waals surface area contributed by atoms with Gasteiger partial charge in [-0.15, -0.1) is 0 Å². The summed E-state index contributed by atoms with van der Waals surface area (Å²) in [5.41, 5.74) is 6.47. The Hall–Kier alpha value is -1.78. The molecule has 1 aliphatic carbocycles. The van der Waals surface area contributed by atoms with E-state index in [2.05, 4.69) is 10.3 Å². The number of hydrogen-bond acceptors (Lipinski definition) is 2. The number of benzene rings is 1. The van der Waals surface area contributed by atoms with Crippen molar-refractivity contribution in [1.29, 1.82) is 0 Å². The zero-order valence-electron chi connectivity index (χ0n) is 10.4. The summed E-state index contributed by atoms with van der Waals surface area (Å²) in [5.74, 6) is 0.333. The van der Waals surface area contributed by atoms with Gasteiger partial charge in [0.2, 0.25) is 0 Å². The van der Waals surface area contributed by atoms with Gasteiger partial charge in [0.25, 0.3) is 0 Å². The van der Waals surface area contributed by atoms with E-state index in [0.717, 1.165) is 18.4 Å². The molecule has 1 fully saturated rings. The second-order valence-electron chi connectivity index (χ2n) is 4.32. The number of aliphatic imine (C=N–C) groups is 1. The van der Waals surface area contributed by atoms with Crippen LogP contribution in [0, 0.1) is 5.82 Å². The molecule has 5 heteroatoms. The Morgan fingerprint density at radius 1 is 1.56 bits per heavy atom. The van der Waals surface area contributed by atoms with Crippen LogP contribution in [0.2, 0.25) is 0 Å². The second-order valence-corrected chi connectivity index (χ2v) is 4.32. The molecule has 0 radical (unpaired) electrons. The maximum Gasteiger partial charge on any atom is 0.189 e. The van der Waals surface area contributed by atoms with E-state index >= 15 is 0 Å². The minimum absolute atomic E-state index is 0.273. The van der Waals surface area contributed by atoms with E-state index in [9.17, 15) is 4.39 Å². The molecule has 1 saturated carbocycles. The van der Waals surface area contributed by atoms with E-state index in [0.29, 0.717) is 25.2 Å². The number of rotatable bonds is 5. The van der Waals surface area contributed by atoms with Gasteiger partial charge >= 0.3 is 0 Å². The smallest absolute Gasteiger partial charge is 0.189 e. The lowest BCUT2D eigenvalue weighted by molar-refractivity contribution is 0.321. The fourth-order valence-electron chi connectivity index (χ4n) is 1.57. The van der Waals surface area contributed by atoms with Gasteiger partial charge in [-0.25, -0.2) is 9.38 Å². The average molecular weight is 251 g/mol. The molecule has 0 unspecified atom stereocenters. The topological polar surface area (TPSA) is 59.6 Å². The molecule has 0 aromatic heterocycles. The third-order valence-corrected chi connectivity index (χ3v) is 2.66. The van der Waals surface area contributed by atoms with Gasteiger partial charge in [-0.3, -0.25) is 0 Å². The molecule has 0 atom stereocenters. The minimum atomic E-state index is -0.363. The Kier molecular flexibility index (Phi) is 4.02. The zero-order valence-corrected chi connectivity index (χ0v) is 10.4. The molecule has 1 aliphatic rings. The molecule has 1 aromatic rings. The summed E-state index contributed by atoms with van der Waals surface area (Å²) in [5, 5.41) is 3.08. The summed E-state index contributed by atoms with van der Waals surface area (Å²) in [6.07, 6.45) is 2.29. The van der Waals surface area contributed by atoms with Crippen molar-refractivity contribution < 1.29 is 9.13 Å². The minimum Gasteiger partial charge on any atom is -0.491 e. The molecule has 3 N–H and O–H groups in total. The van der Waals surface area contributed by atoms with Gasteiger partial charge in [-0.2, -0.15) is 0 Å². The van der Waals surface area contributed by atoms with Gasteiger partial charge in [0.15, 0.2) is 17.5 Å². The largest absolute Gasteiger partial charge is 0.491 e. The average Bonchev–Trinajstić information content (AvgIpc) is 3.14. The summed E-state index contributed by atoms with van der Waals surface area (Å²) in [7, 11) is 0. The Bertz CT molecular complexity index is 444. The number of nitrogens with two attached hydrogens (primary N) is 1. The van der Waals surface area contributed by atoms with Crippen molar-refractivity contribution in [3.63, 3.8) is 0 Å². The highest BCUT2D eigenvalue weighted by Crippen LogP contribution is 2.19. The molecule has 1 aromatic carbocycles. The van der Waals surface area contributed by atoms with Crippen molar-refractivity contribution in [1.82, 2.24) is 5.32 Å². The van der Waals surface area contributed by atoms with E-state index < -0.39 is 0 Å². The Morgan fingerprint density at radius 3 is 2.94 bits per heavy atom. The summed E-state index contributed by atoms with van der Waals surface area (Å²) in [6.45, 7) is 2.64. The summed E-state index contributed by atoms with van der Waals surface area (Å²) >= 11 is 0. The van der Waals surface area contributed by atoms with Gasteiger partial charge in [0.05, 0.1) is 13.2 Å². The summed E-state index contributed by atoms with van der Waals surface area (Å²) < 4.78 is 18.7. The van der Waals surface area contributed by atoms with Gasteiger partial charge in [0.1, 0.15) is 0 Å². The molecular formula is C13H18FN3O. The molecule has 0 amide bonds. The zero-order chi connectivity index (χ0) is 13.0. The molecule has 98 valence electrons. The van der Waals surface area contributed by atoms with Crippen LogP contribution in [0.15, 0.2) is 23.2 Å². The maximum atomic E-state index is 13.6. The number of nitrogens with one attached hydrogen (secondary N) is 1. The van der Waals surface area contributed by atoms with Crippen molar-refractivity contribution in [3.8, 4) is 5.75 Å². The van der Waals surface area contributed by atoms with Crippen molar-refractivity contribution >= 4 is 5.96 Å². The van der Waals surface area contributed by atoms with Gasteiger partial charge < -0.3 is 15.8 Å². The van der Waals surface area contributed by atoms with Crippen LogP contribution >= 0.6 is 0 Å². The maximum absolute atomic E-state index is 13.6. The molecule has 18 heavy (non-hydrogen) atoms. The number of ether oxygens (including phenoxy) is 1. The number of halogens is 1. The van der Waals surface area contributed by atoms with E-state index in [1.807, 2.05) is 6.92 Å². The van der Waals surface area contributed by atoms with Crippen LogP contribution in [0.3, 0.4) is 0 Å². The lowest BCUT2D eigenvalue weighted by Crippen LogP contribution is -2.33. The van der Waals surface area contributed by atoms with E-state index in [1.54, 1.807) is 12.1 Å². The lowest BCUT2D eigenvalue weighted by atomic mass is 10.2. The van der Waals surface area contributed by atoms with Crippen molar-refractivity contribution in [3.05, 3.63) is 29.6 Å². The highest BCUT2D eigenvalue weighted by molar-refractivity contribution is 5.78. The first-order valence-corrected chi connectivity index (χ1v) is 6.16. The quantitative estimate of drug-likeness (QED) is 0.619. The van der Waals surface area contributed by atoms with E-state index in [-0.39, 0.29) is 11.6 Å². The Balaban J connectivity index is 1.94. The van der Waals surface area contributed by atoms with Crippen LogP contribution in [0.4, 0.5) is 4.39 Å². The van der Waals surface area contributed by atoms with Crippen molar-refractivity contribution in [2.45, 2.75) is 32.4 Å². The fourth-order valence-corrected chi connectivity index (χ4v) is 1.57. The normalized spacial score (nSPS) is 15.6. The predicted molar refractivity (Wildman–Crippen MR) is 69.1 cm³/mol. The van der Waals surface area contributed by atoms with Crippen LogP contribution < -0.4 is 15.8 Å². The molecule has 0 bridgehead atoms. The van der Waals surface area contributed by atoms with Crippen LogP contribution in [0.25, 0.3) is 0 Å². The van der Waals surface area contributed by atoms with Crippen LogP contribution in [0.5, 0.6) is 5.75 Å². The third kappa shape index (κ3) is 3.61. The SMILES string of the molecule is CCOc1ccc(CN=C(N)NC2CC2)cc1F. The number of guanidine groups is 1. The van der Waals surface area contributed by atoms with Crippen LogP contribution in [-0.2, 0) is 6.54 Å². The number of hydrogen-bond donors (Lipinski definition) is 2. The molecule has 0 saturated heterocycles. The monoisotopic (exact) mass is 251 g/mol. The Labute approximate surface area is 106 Å². The molecule has 0 spiro atoms. The first kappa shape index (κ1) is 12.7. The van der Waals surface area contributed by atoms with Crippen molar-refractivity contribution in [2.75, 3.05) is 6.61 Å². The van der Waals surface area contributed by atoms with Gasteiger partial charge in [0, 0.05) is 6.04 Å². The lowest BCUT2D eigenvalue weighted by Gasteiger charge is -2.06. The molecular weight excluding hydrogens is 233 g/mol. The highest BCUT2D eigenvalue weighted by Gasteiger charge is 2.21. The molecule has 2 rings (SSSR count). The first-order valence-electron chi connectivity index (χ1n) is 6.16. The predicted octanol–water partition coefficient (Wildman–Crippen LogP) is 1.79. The second kappa shape index (κ2) is 5.71. The fraction of sp³-hybridized carbons (Fsp3) is 0.462. The standard InChI is InChI=1S/C13H18FN3O/c1-2-18-12-6-3-9(7-11(12)14)8-16-13(15)17-10-4-5-10/h3,6-7,10H,2,4-5,8H2,1H3,(H3,15,16,17). The number of nitrogens with zero attached hydrogens (tertiary/aromatic N) is 1. The highest BCUT2D eigenvalue weighted by atomic mass is 19.1.